The van der Waals surface area contributed by atoms with E-state index in [1.165, 1.54) is 0 Å². The Kier molecular flexibility index (Phi) is 3.84. The smallest absolute Gasteiger partial charge is 0.317 e. The Hall–Kier alpha value is -2.00. The number of rotatable bonds is 2. The van der Waals surface area contributed by atoms with Crippen molar-refractivity contribution in [3.63, 3.8) is 0 Å². The topological polar surface area (TPSA) is 72.3 Å². The van der Waals surface area contributed by atoms with Crippen LogP contribution in [0, 0.1) is 11.3 Å². The van der Waals surface area contributed by atoms with Gasteiger partial charge < -0.3 is 15.1 Å². The predicted molar refractivity (Wildman–Crippen MR) is 79.3 cm³/mol. The fourth-order valence-corrected chi connectivity index (χ4v) is 3.23. The number of pyridine rings is 1. The number of piperidine rings is 1. The number of nitrogens with one attached hydrogen (secondary N) is 1. The minimum Gasteiger partial charge on any atom is -0.355 e. The van der Waals surface area contributed by atoms with Crippen molar-refractivity contribution < 1.29 is 4.79 Å². The number of hydrogen-bond donors (Lipinski definition) is 1. The molecule has 0 atom stereocenters. The average molecular weight is 306 g/mol. The number of aromatic nitrogens is 1. The molecule has 6 nitrogen and oxygen atoms in total. The van der Waals surface area contributed by atoms with Crippen molar-refractivity contribution in [1.82, 2.24) is 15.2 Å². The molecule has 2 saturated heterocycles. The molecule has 0 aromatic carbocycles. The first-order valence-corrected chi connectivity index (χ1v) is 7.42. The lowest BCUT2D eigenvalue weighted by Crippen LogP contribution is -2.46. The van der Waals surface area contributed by atoms with Gasteiger partial charge in [-0.1, -0.05) is 11.6 Å². The van der Waals surface area contributed by atoms with E-state index in [0.717, 1.165) is 44.8 Å². The van der Waals surface area contributed by atoms with Crippen molar-refractivity contribution in [2.24, 2.45) is 0 Å². The van der Waals surface area contributed by atoms with Gasteiger partial charge in [0, 0.05) is 38.4 Å². The summed E-state index contributed by atoms with van der Waals surface area (Å²) >= 11 is 6.20. The molecular formula is C14H16ClN5O. The Morgan fingerprint density at radius 1 is 1.38 bits per heavy atom. The van der Waals surface area contributed by atoms with E-state index in [9.17, 15) is 4.79 Å². The average Bonchev–Trinajstić information content (AvgIpc) is 2.93. The lowest BCUT2D eigenvalue weighted by molar-refractivity contribution is 0.186. The van der Waals surface area contributed by atoms with Gasteiger partial charge in [-0.2, -0.15) is 5.26 Å². The number of amides is 2. The second kappa shape index (κ2) is 5.78. The molecule has 21 heavy (non-hydrogen) atoms. The van der Waals surface area contributed by atoms with Crippen LogP contribution in [0.4, 0.5) is 10.6 Å². The van der Waals surface area contributed by atoms with Gasteiger partial charge >= 0.3 is 6.03 Å². The molecule has 0 spiro atoms. The molecule has 110 valence electrons. The lowest BCUT2D eigenvalue weighted by Gasteiger charge is -2.36. The maximum absolute atomic E-state index is 11.7. The SMILES string of the molecule is N#Cc1cnc(N2CCC(N3CCNC3=O)CC2)c(Cl)c1. The van der Waals surface area contributed by atoms with Crippen LogP contribution in [0.15, 0.2) is 12.3 Å². The molecule has 0 bridgehead atoms. The van der Waals surface area contributed by atoms with Gasteiger partial charge in [0.05, 0.1) is 10.6 Å². The van der Waals surface area contributed by atoms with Crippen LogP contribution in [0.1, 0.15) is 18.4 Å². The molecule has 0 saturated carbocycles. The summed E-state index contributed by atoms with van der Waals surface area (Å²) in [5, 5.41) is 12.2. The summed E-state index contributed by atoms with van der Waals surface area (Å²) in [6.07, 6.45) is 3.36. The van der Waals surface area contributed by atoms with Crippen LogP contribution in [-0.4, -0.2) is 48.1 Å². The van der Waals surface area contributed by atoms with Crippen LogP contribution in [0.5, 0.6) is 0 Å². The third kappa shape index (κ3) is 2.74. The Bertz CT molecular complexity index is 592. The highest BCUT2D eigenvalue weighted by Crippen LogP contribution is 2.28. The number of carbonyl (C=O) groups excluding carboxylic acids is 1. The maximum atomic E-state index is 11.7. The van der Waals surface area contributed by atoms with Crippen LogP contribution in [-0.2, 0) is 0 Å². The summed E-state index contributed by atoms with van der Waals surface area (Å²) in [4.78, 5) is 20.0. The summed E-state index contributed by atoms with van der Waals surface area (Å²) in [6, 6.07) is 4.01. The van der Waals surface area contributed by atoms with E-state index in [-0.39, 0.29) is 6.03 Å². The number of urea groups is 1. The highest BCUT2D eigenvalue weighted by Gasteiger charge is 2.31. The zero-order chi connectivity index (χ0) is 14.8. The van der Waals surface area contributed by atoms with Crippen LogP contribution >= 0.6 is 11.6 Å². The number of halogens is 1. The van der Waals surface area contributed by atoms with Crippen LogP contribution in [0.3, 0.4) is 0 Å². The summed E-state index contributed by atoms with van der Waals surface area (Å²) < 4.78 is 0. The van der Waals surface area contributed by atoms with E-state index in [0.29, 0.717) is 16.6 Å². The van der Waals surface area contributed by atoms with E-state index in [4.69, 9.17) is 16.9 Å². The Morgan fingerprint density at radius 2 is 2.14 bits per heavy atom. The largest absolute Gasteiger partial charge is 0.355 e. The highest BCUT2D eigenvalue weighted by molar-refractivity contribution is 6.33. The molecule has 2 amide bonds. The van der Waals surface area contributed by atoms with E-state index in [1.807, 2.05) is 11.0 Å². The number of carbonyl (C=O) groups is 1. The van der Waals surface area contributed by atoms with Gasteiger partial charge in [0.1, 0.15) is 11.9 Å². The molecule has 0 radical (unpaired) electrons. The molecule has 1 aromatic heterocycles. The fraction of sp³-hybridized carbons (Fsp3) is 0.500. The third-order valence-electron chi connectivity index (χ3n) is 4.05. The summed E-state index contributed by atoms with van der Waals surface area (Å²) in [6.45, 7) is 3.15. The van der Waals surface area contributed by atoms with Crippen LogP contribution in [0.25, 0.3) is 0 Å². The van der Waals surface area contributed by atoms with Gasteiger partial charge in [-0.25, -0.2) is 9.78 Å². The lowest BCUT2D eigenvalue weighted by atomic mass is 10.0. The van der Waals surface area contributed by atoms with Crippen molar-refractivity contribution >= 4 is 23.4 Å². The first-order valence-electron chi connectivity index (χ1n) is 7.04. The van der Waals surface area contributed by atoms with Crippen molar-refractivity contribution in [1.29, 1.82) is 5.26 Å². The van der Waals surface area contributed by atoms with Gasteiger partial charge in [-0.3, -0.25) is 0 Å². The molecule has 2 fully saturated rings. The normalized spacial score (nSPS) is 19.5. The fourth-order valence-electron chi connectivity index (χ4n) is 2.95. The zero-order valence-corrected chi connectivity index (χ0v) is 12.3. The second-order valence-electron chi connectivity index (χ2n) is 5.28. The molecule has 3 heterocycles. The monoisotopic (exact) mass is 305 g/mol. The third-order valence-corrected chi connectivity index (χ3v) is 4.32. The van der Waals surface area contributed by atoms with Crippen molar-refractivity contribution in [3.05, 3.63) is 22.8 Å². The molecule has 2 aliphatic heterocycles. The van der Waals surface area contributed by atoms with Gasteiger partial charge in [0.2, 0.25) is 0 Å². The minimum atomic E-state index is 0.0444. The van der Waals surface area contributed by atoms with Gasteiger partial charge in [0.25, 0.3) is 0 Å². The molecule has 3 rings (SSSR count). The molecule has 1 aromatic rings. The minimum absolute atomic E-state index is 0.0444. The number of nitrogens with zero attached hydrogens (tertiary/aromatic N) is 4. The highest BCUT2D eigenvalue weighted by atomic mass is 35.5. The summed E-state index contributed by atoms with van der Waals surface area (Å²) in [5.41, 5.74) is 0.465. The zero-order valence-electron chi connectivity index (χ0n) is 11.5. The standard InChI is InChI=1S/C14H16ClN5O/c15-12-7-10(8-16)9-18-13(12)19-4-1-11(2-5-19)20-6-3-17-14(20)21/h7,9,11H,1-6H2,(H,17,21). The molecule has 7 heteroatoms. The molecule has 2 aliphatic rings. The van der Waals surface area contributed by atoms with Crippen LogP contribution < -0.4 is 10.2 Å². The predicted octanol–water partition coefficient (Wildman–Crippen LogP) is 1.60. The van der Waals surface area contributed by atoms with E-state index < -0.39 is 0 Å². The first kappa shape index (κ1) is 14.0. The number of nitriles is 1. The quantitative estimate of drug-likeness (QED) is 0.901. The van der Waals surface area contributed by atoms with Crippen molar-refractivity contribution in [3.8, 4) is 6.07 Å². The van der Waals surface area contributed by atoms with Gasteiger partial charge in [0.15, 0.2) is 0 Å². The molecule has 0 aliphatic carbocycles. The maximum Gasteiger partial charge on any atom is 0.317 e. The van der Waals surface area contributed by atoms with Crippen molar-refractivity contribution in [2.45, 2.75) is 18.9 Å². The van der Waals surface area contributed by atoms with E-state index in [1.54, 1.807) is 12.3 Å². The first-order chi connectivity index (χ1) is 10.2. The number of anilines is 1. The Morgan fingerprint density at radius 3 is 2.71 bits per heavy atom. The van der Waals surface area contributed by atoms with Crippen molar-refractivity contribution in [2.75, 3.05) is 31.1 Å². The molecule has 1 N–H and O–H groups in total. The Labute approximate surface area is 128 Å². The summed E-state index contributed by atoms with van der Waals surface area (Å²) in [5.74, 6) is 0.722. The summed E-state index contributed by atoms with van der Waals surface area (Å²) in [7, 11) is 0. The second-order valence-corrected chi connectivity index (χ2v) is 5.69. The van der Waals surface area contributed by atoms with E-state index in [2.05, 4.69) is 15.2 Å². The van der Waals surface area contributed by atoms with E-state index >= 15 is 0 Å². The molecular weight excluding hydrogens is 290 g/mol. The van der Waals surface area contributed by atoms with Gasteiger partial charge in [-0.05, 0) is 18.9 Å². The molecule has 0 unspecified atom stereocenters. The van der Waals surface area contributed by atoms with Gasteiger partial charge in [-0.15, -0.1) is 0 Å². The van der Waals surface area contributed by atoms with Crippen LogP contribution in [0.2, 0.25) is 5.02 Å². The Balaban J connectivity index is 1.66. The number of hydrogen-bond acceptors (Lipinski definition) is 4.